The Kier molecular flexibility index (Phi) is 5.11. The van der Waals surface area contributed by atoms with Crippen LogP contribution in [0.3, 0.4) is 0 Å². The molecule has 1 aliphatic heterocycles. The van der Waals surface area contributed by atoms with Crippen LogP contribution in [0.1, 0.15) is 24.1 Å². The highest BCUT2D eigenvalue weighted by Crippen LogP contribution is 2.39. The molecular formula is C19H23NO5S. The van der Waals surface area contributed by atoms with Crippen LogP contribution in [0.25, 0.3) is 0 Å². The van der Waals surface area contributed by atoms with E-state index in [4.69, 9.17) is 14.2 Å². The SMILES string of the molecule is COc1ccc(S(=O)(=O)N2CCc3cc(OC)c(OC)cc3[C@@H]2C)cc1. The molecule has 0 saturated heterocycles. The van der Waals surface area contributed by atoms with Crippen molar-refractivity contribution in [1.29, 1.82) is 0 Å². The van der Waals surface area contributed by atoms with Crippen LogP contribution in [-0.2, 0) is 16.4 Å². The molecule has 0 radical (unpaired) electrons. The van der Waals surface area contributed by atoms with E-state index < -0.39 is 10.0 Å². The van der Waals surface area contributed by atoms with E-state index in [1.807, 2.05) is 19.1 Å². The molecule has 2 aromatic rings. The predicted molar refractivity (Wildman–Crippen MR) is 98.6 cm³/mol. The van der Waals surface area contributed by atoms with Gasteiger partial charge in [-0.2, -0.15) is 4.31 Å². The summed E-state index contributed by atoms with van der Waals surface area (Å²) in [6.45, 7) is 2.31. The largest absolute Gasteiger partial charge is 0.497 e. The minimum absolute atomic E-state index is 0.258. The van der Waals surface area contributed by atoms with Gasteiger partial charge < -0.3 is 14.2 Å². The third kappa shape index (κ3) is 3.12. The molecule has 0 fully saturated rings. The quantitative estimate of drug-likeness (QED) is 0.801. The molecule has 26 heavy (non-hydrogen) atoms. The Balaban J connectivity index is 1.98. The zero-order valence-electron chi connectivity index (χ0n) is 15.4. The molecule has 0 spiro atoms. The van der Waals surface area contributed by atoms with Gasteiger partial charge in [0, 0.05) is 12.6 Å². The number of fused-ring (bicyclic) bond motifs is 1. The predicted octanol–water partition coefficient (Wildman–Crippen LogP) is 3.02. The fourth-order valence-electron chi connectivity index (χ4n) is 3.33. The van der Waals surface area contributed by atoms with Crippen molar-refractivity contribution in [3.8, 4) is 17.2 Å². The molecule has 0 aliphatic carbocycles. The fourth-order valence-corrected chi connectivity index (χ4v) is 4.95. The minimum atomic E-state index is -3.61. The maximum atomic E-state index is 13.1. The van der Waals surface area contributed by atoms with Crippen LogP contribution in [0.4, 0.5) is 0 Å². The number of sulfonamides is 1. The van der Waals surface area contributed by atoms with Crippen molar-refractivity contribution in [3.05, 3.63) is 47.5 Å². The number of methoxy groups -OCH3 is 3. The highest BCUT2D eigenvalue weighted by atomic mass is 32.2. The van der Waals surface area contributed by atoms with E-state index in [1.54, 1.807) is 45.6 Å². The fraction of sp³-hybridized carbons (Fsp3) is 0.368. The van der Waals surface area contributed by atoms with Gasteiger partial charge in [0.15, 0.2) is 11.5 Å². The zero-order chi connectivity index (χ0) is 18.9. The van der Waals surface area contributed by atoms with Crippen molar-refractivity contribution in [3.63, 3.8) is 0 Å². The van der Waals surface area contributed by atoms with Crippen LogP contribution >= 0.6 is 0 Å². The molecule has 0 N–H and O–H groups in total. The second-order valence-electron chi connectivity index (χ2n) is 6.12. The third-order valence-corrected chi connectivity index (χ3v) is 6.78. The molecule has 2 aromatic carbocycles. The Morgan fingerprint density at radius 3 is 2.15 bits per heavy atom. The molecule has 7 heteroatoms. The summed E-state index contributed by atoms with van der Waals surface area (Å²) >= 11 is 0. The number of hydrogen-bond acceptors (Lipinski definition) is 5. The lowest BCUT2D eigenvalue weighted by atomic mass is 9.94. The number of rotatable bonds is 5. The van der Waals surface area contributed by atoms with Crippen molar-refractivity contribution in [2.75, 3.05) is 27.9 Å². The van der Waals surface area contributed by atoms with Crippen molar-refractivity contribution >= 4 is 10.0 Å². The van der Waals surface area contributed by atoms with E-state index in [1.165, 1.54) is 4.31 Å². The van der Waals surface area contributed by atoms with Gasteiger partial charge in [0.1, 0.15) is 5.75 Å². The van der Waals surface area contributed by atoms with Gasteiger partial charge in [0.25, 0.3) is 0 Å². The number of nitrogens with zero attached hydrogens (tertiary/aromatic N) is 1. The lowest BCUT2D eigenvalue weighted by Crippen LogP contribution is -2.38. The summed E-state index contributed by atoms with van der Waals surface area (Å²) in [5, 5.41) is 0. The molecule has 0 amide bonds. The summed E-state index contributed by atoms with van der Waals surface area (Å²) in [5.41, 5.74) is 2.02. The van der Waals surface area contributed by atoms with Gasteiger partial charge in [-0.3, -0.25) is 0 Å². The second kappa shape index (κ2) is 7.17. The summed E-state index contributed by atoms with van der Waals surface area (Å²) in [7, 11) is 1.11. The Bertz CT molecular complexity index is 893. The molecule has 6 nitrogen and oxygen atoms in total. The first kappa shape index (κ1) is 18.5. The van der Waals surface area contributed by atoms with Crippen LogP contribution in [0, 0.1) is 0 Å². The summed E-state index contributed by atoms with van der Waals surface area (Å²) in [6, 6.07) is 9.96. The van der Waals surface area contributed by atoms with Crippen LogP contribution in [-0.4, -0.2) is 40.6 Å². The second-order valence-corrected chi connectivity index (χ2v) is 8.01. The van der Waals surface area contributed by atoms with E-state index in [-0.39, 0.29) is 10.9 Å². The van der Waals surface area contributed by atoms with Gasteiger partial charge >= 0.3 is 0 Å². The lowest BCUT2D eigenvalue weighted by molar-refractivity contribution is 0.319. The number of hydrogen-bond donors (Lipinski definition) is 0. The number of benzene rings is 2. The molecule has 0 aromatic heterocycles. The Labute approximate surface area is 154 Å². The maximum absolute atomic E-state index is 13.1. The smallest absolute Gasteiger partial charge is 0.243 e. The van der Waals surface area contributed by atoms with Gasteiger partial charge in [-0.15, -0.1) is 0 Å². The summed E-state index contributed by atoms with van der Waals surface area (Å²) in [5.74, 6) is 1.88. The Morgan fingerprint density at radius 2 is 1.58 bits per heavy atom. The Morgan fingerprint density at radius 1 is 0.962 bits per heavy atom. The van der Waals surface area contributed by atoms with Gasteiger partial charge in [0.05, 0.1) is 26.2 Å². The molecule has 3 rings (SSSR count). The first-order valence-electron chi connectivity index (χ1n) is 8.33. The zero-order valence-corrected chi connectivity index (χ0v) is 16.2. The summed E-state index contributed by atoms with van der Waals surface area (Å²) in [4.78, 5) is 0.258. The first-order chi connectivity index (χ1) is 12.4. The molecule has 0 saturated carbocycles. The van der Waals surface area contributed by atoms with Crippen molar-refractivity contribution < 1.29 is 22.6 Å². The van der Waals surface area contributed by atoms with Crippen molar-refractivity contribution in [2.24, 2.45) is 0 Å². The third-order valence-electron chi connectivity index (χ3n) is 4.80. The van der Waals surface area contributed by atoms with E-state index in [0.29, 0.717) is 30.2 Å². The highest BCUT2D eigenvalue weighted by Gasteiger charge is 2.34. The van der Waals surface area contributed by atoms with E-state index in [2.05, 4.69) is 0 Å². The van der Waals surface area contributed by atoms with Crippen LogP contribution < -0.4 is 14.2 Å². The lowest BCUT2D eigenvalue weighted by Gasteiger charge is -2.34. The van der Waals surface area contributed by atoms with Crippen LogP contribution in [0.2, 0.25) is 0 Å². The summed E-state index contributed by atoms with van der Waals surface area (Å²) < 4.78 is 43.6. The average molecular weight is 377 g/mol. The minimum Gasteiger partial charge on any atom is -0.497 e. The Hall–Kier alpha value is -2.25. The molecule has 1 atom stereocenters. The van der Waals surface area contributed by atoms with Gasteiger partial charge in [-0.05, 0) is 60.9 Å². The van der Waals surface area contributed by atoms with Gasteiger partial charge in [-0.1, -0.05) is 0 Å². The maximum Gasteiger partial charge on any atom is 0.243 e. The number of ether oxygens (including phenoxy) is 3. The standard InChI is InChI=1S/C19H23NO5S/c1-13-17-12-19(25-4)18(24-3)11-14(17)9-10-20(13)26(21,22)16-7-5-15(23-2)6-8-16/h5-8,11-13H,9-10H2,1-4H3/t13-/m0/s1. The van der Waals surface area contributed by atoms with Gasteiger partial charge in [0.2, 0.25) is 10.0 Å². The van der Waals surface area contributed by atoms with E-state index >= 15 is 0 Å². The molecular weight excluding hydrogens is 354 g/mol. The van der Waals surface area contributed by atoms with Crippen LogP contribution in [0.15, 0.2) is 41.3 Å². The van der Waals surface area contributed by atoms with E-state index in [0.717, 1.165) is 11.1 Å². The molecule has 0 bridgehead atoms. The monoisotopic (exact) mass is 377 g/mol. The normalized spacial score (nSPS) is 17.5. The molecule has 1 heterocycles. The van der Waals surface area contributed by atoms with Crippen molar-refractivity contribution in [2.45, 2.75) is 24.3 Å². The highest BCUT2D eigenvalue weighted by molar-refractivity contribution is 7.89. The van der Waals surface area contributed by atoms with Gasteiger partial charge in [-0.25, -0.2) is 8.42 Å². The van der Waals surface area contributed by atoms with E-state index in [9.17, 15) is 8.42 Å². The molecule has 0 unspecified atom stereocenters. The molecule has 140 valence electrons. The van der Waals surface area contributed by atoms with Crippen molar-refractivity contribution in [1.82, 2.24) is 4.31 Å². The summed E-state index contributed by atoms with van der Waals surface area (Å²) in [6.07, 6.45) is 0.620. The first-order valence-corrected chi connectivity index (χ1v) is 9.77. The molecule has 1 aliphatic rings. The topological polar surface area (TPSA) is 65.1 Å². The average Bonchev–Trinajstić information content (AvgIpc) is 2.67. The van der Waals surface area contributed by atoms with Crippen LogP contribution in [0.5, 0.6) is 17.2 Å².